The molecule has 1 fully saturated rings. The van der Waals surface area contributed by atoms with Gasteiger partial charge in [-0.2, -0.15) is 10.1 Å². The summed E-state index contributed by atoms with van der Waals surface area (Å²) in [5, 5.41) is 8.90. The largest absolute Gasteiger partial charge is 0.369 e. The number of rotatable bonds is 5. The summed E-state index contributed by atoms with van der Waals surface area (Å²) in [7, 11) is 2.17. The molecular formula is C28H27N7. The van der Waals surface area contributed by atoms with Gasteiger partial charge in [-0.1, -0.05) is 48.5 Å². The molecule has 0 atom stereocenters. The number of nitrogens with one attached hydrogen (secondary N) is 1. The number of nitrogens with zero attached hydrogens (tertiary/aromatic N) is 6. The first kappa shape index (κ1) is 21.3. The predicted octanol–water partition coefficient (Wildman–Crippen LogP) is 4.98. The van der Waals surface area contributed by atoms with Gasteiger partial charge in [-0.3, -0.25) is 0 Å². The fourth-order valence-corrected chi connectivity index (χ4v) is 4.52. The second-order valence-corrected chi connectivity index (χ2v) is 8.87. The van der Waals surface area contributed by atoms with Crippen LogP contribution < -0.4 is 10.2 Å². The van der Waals surface area contributed by atoms with Crippen LogP contribution in [0.1, 0.15) is 0 Å². The molecular weight excluding hydrogens is 434 g/mol. The van der Waals surface area contributed by atoms with E-state index in [1.165, 1.54) is 5.69 Å². The van der Waals surface area contributed by atoms with Crippen molar-refractivity contribution in [3.05, 3.63) is 91.3 Å². The van der Waals surface area contributed by atoms with Crippen molar-refractivity contribution in [1.29, 1.82) is 0 Å². The smallest absolute Gasteiger partial charge is 0.229 e. The van der Waals surface area contributed by atoms with Gasteiger partial charge in [0.05, 0.1) is 17.3 Å². The Kier molecular flexibility index (Phi) is 5.60. The van der Waals surface area contributed by atoms with Crippen LogP contribution >= 0.6 is 0 Å². The molecule has 7 heteroatoms. The van der Waals surface area contributed by atoms with Crippen molar-refractivity contribution in [2.45, 2.75) is 0 Å². The van der Waals surface area contributed by atoms with Crippen LogP contribution in [0.2, 0.25) is 0 Å². The number of benzene rings is 3. The highest BCUT2D eigenvalue weighted by molar-refractivity contribution is 5.81. The molecule has 2 aromatic heterocycles. The fraction of sp³-hybridized carbons (Fsp3) is 0.179. The minimum Gasteiger partial charge on any atom is -0.369 e. The molecule has 7 nitrogen and oxygen atoms in total. The Hall–Kier alpha value is -4.23. The van der Waals surface area contributed by atoms with Gasteiger partial charge in [-0.15, -0.1) is 0 Å². The Bertz CT molecular complexity index is 1440. The van der Waals surface area contributed by atoms with Gasteiger partial charge in [0, 0.05) is 49.3 Å². The monoisotopic (exact) mass is 461 g/mol. The van der Waals surface area contributed by atoms with E-state index < -0.39 is 0 Å². The first-order valence-corrected chi connectivity index (χ1v) is 11.9. The van der Waals surface area contributed by atoms with Crippen molar-refractivity contribution in [3.63, 3.8) is 0 Å². The SMILES string of the molecule is CN1CCN(c2ccc(Nc3ncc4cnn(-c5ccccc5-c5ccccc5)c4n3)cc2)CC1. The van der Waals surface area contributed by atoms with Crippen LogP contribution in [0.25, 0.3) is 27.8 Å². The molecule has 1 N–H and O–H groups in total. The Balaban J connectivity index is 1.28. The standard InChI is InChI=1S/C28H27N7/c1-33-15-17-34(18-16-33)24-13-11-23(12-14-24)31-28-29-19-22-20-30-35(27(22)32-28)26-10-6-5-9-25(26)21-7-3-2-4-8-21/h2-14,19-20H,15-18H2,1H3,(H,29,31,32). The maximum Gasteiger partial charge on any atom is 0.229 e. The zero-order chi connectivity index (χ0) is 23.6. The van der Waals surface area contributed by atoms with Gasteiger partial charge >= 0.3 is 0 Å². The van der Waals surface area contributed by atoms with Crippen molar-refractivity contribution < 1.29 is 0 Å². The molecule has 174 valence electrons. The maximum atomic E-state index is 4.82. The number of anilines is 3. The molecule has 3 aromatic carbocycles. The van der Waals surface area contributed by atoms with Crippen LogP contribution in [0.5, 0.6) is 0 Å². The van der Waals surface area contributed by atoms with Gasteiger partial charge in [0.15, 0.2) is 5.65 Å². The van der Waals surface area contributed by atoms with Gasteiger partial charge in [-0.25, -0.2) is 9.67 Å². The molecule has 0 aliphatic carbocycles. The van der Waals surface area contributed by atoms with E-state index in [4.69, 9.17) is 4.98 Å². The van der Waals surface area contributed by atoms with Crippen molar-refractivity contribution >= 4 is 28.4 Å². The van der Waals surface area contributed by atoms with Crippen LogP contribution in [0.4, 0.5) is 17.3 Å². The highest BCUT2D eigenvalue weighted by atomic mass is 15.3. The average Bonchev–Trinajstić information content (AvgIpc) is 3.33. The third-order valence-corrected chi connectivity index (χ3v) is 6.52. The second-order valence-electron chi connectivity index (χ2n) is 8.87. The third kappa shape index (κ3) is 4.34. The lowest BCUT2D eigenvalue weighted by molar-refractivity contribution is 0.313. The molecule has 1 aliphatic rings. The van der Waals surface area contributed by atoms with Gasteiger partial charge in [-0.05, 0) is 42.9 Å². The van der Waals surface area contributed by atoms with Gasteiger partial charge in [0.2, 0.25) is 5.95 Å². The molecule has 0 saturated carbocycles. The highest BCUT2D eigenvalue weighted by Gasteiger charge is 2.15. The van der Waals surface area contributed by atoms with E-state index in [9.17, 15) is 0 Å². The Morgan fingerprint density at radius 2 is 1.51 bits per heavy atom. The molecule has 1 aliphatic heterocycles. The van der Waals surface area contributed by atoms with Crippen molar-refractivity contribution in [3.8, 4) is 16.8 Å². The summed E-state index contributed by atoms with van der Waals surface area (Å²) in [5.74, 6) is 0.545. The summed E-state index contributed by atoms with van der Waals surface area (Å²) in [6, 6.07) is 27.1. The van der Waals surface area contributed by atoms with E-state index in [-0.39, 0.29) is 0 Å². The molecule has 1 saturated heterocycles. The minimum absolute atomic E-state index is 0.545. The van der Waals surface area contributed by atoms with E-state index in [1.807, 2.05) is 47.4 Å². The Labute approximate surface area is 204 Å². The van der Waals surface area contributed by atoms with Crippen LogP contribution in [-0.4, -0.2) is 57.9 Å². The maximum absolute atomic E-state index is 4.82. The van der Waals surface area contributed by atoms with Crippen LogP contribution in [0.3, 0.4) is 0 Å². The third-order valence-electron chi connectivity index (χ3n) is 6.52. The summed E-state index contributed by atoms with van der Waals surface area (Å²) in [6.07, 6.45) is 3.63. The molecule has 0 unspecified atom stereocenters. The quantitative estimate of drug-likeness (QED) is 0.398. The first-order valence-electron chi connectivity index (χ1n) is 11.9. The molecule has 0 bridgehead atoms. The Morgan fingerprint density at radius 3 is 2.31 bits per heavy atom. The lowest BCUT2D eigenvalue weighted by atomic mass is 10.0. The molecule has 3 heterocycles. The van der Waals surface area contributed by atoms with E-state index in [0.29, 0.717) is 5.95 Å². The fourth-order valence-electron chi connectivity index (χ4n) is 4.52. The first-order chi connectivity index (χ1) is 17.2. The van der Waals surface area contributed by atoms with E-state index in [0.717, 1.165) is 59.7 Å². The number of para-hydroxylation sites is 1. The molecule has 0 spiro atoms. The van der Waals surface area contributed by atoms with Crippen LogP contribution in [-0.2, 0) is 0 Å². The number of hydrogen-bond donors (Lipinski definition) is 1. The summed E-state index contributed by atoms with van der Waals surface area (Å²) in [4.78, 5) is 14.1. The van der Waals surface area contributed by atoms with Crippen molar-refractivity contribution in [2.24, 2.45) is 0 Å². The van der Waals surface area contributed by atoms with Crippen LogP contribution in [0.15, 0.2) is 91.3 Å². The second kappa shape index (κ2) is 9.19. The van der Waals surface area contributed by atoms with Gasteiger partial charge < -0.3 is 15.1 Å². The van der Waals surface area contributed by atoms with Crippen LogP contribution in [0, 0.1) is 0 Å². The van der Waals surface area contributed by atoms with Crippen molar-refractivity contribution in [2.75, 3.05) is 43.4 Å². The molecule has 0 radical (unpaired) electrons. The number of fused-ring (bicyclic) bond motifs is 1. The van der Waals surface area contributed by atoms with E-state index in [2.05, 4.69) is 80.8 Å². The number of piperazine rings is 1. The van der Waals surface area contributed by atoms with Gasteiger partial charge in [0.25, 0.3) is 0 Å². The number of aromatic nitrogens is 4. The molecule has 0 amide bonds. The normalized spacial score (nSPS) is 14.4. The lowest BCUT2D eigenvalue weighted by Gasteiger charge is -2.34. The average molecular weight is 462 g/mol. The van der Waals surface area contributed by atoms with Gasteiger partial charge in [0.1, 0.15) is 0 Å². The van der Waals surface area contributed by atoms with Crippen molar-refractivity contribution in [1.82, 2.24) is 24.6 Å². The lowest BCUT2D eigenvalue weighted by Crippen LogP contribution is -2.44. The van der Waals surface area contributed by atoms with E-state index in [1.54, 1.807) is 0 Å². The zero-order valence-electron chi connectivity index (χ0n) is 19.7. The van der Waals surface area contributed by atoms with E-state index >= 15 is 0 Å². The predicted molar refractivity (Wildman–Crippen MR) is 142 cm³/mol. The molecule has 5 aromatic rings. The number of hydrogen-bond acceptors (Lipinski definition) is 6. The minimum atomic E-state index is 0.545. The highest BCUT2D eigenvalue weighted by Crippen LogP contribution is 2.29. The molecule has 6 rings (SSSR count). The summed E-state index contributed by atoms with van der Waals surface area (Å²) >= 11 is 0. The summed E-state index contributed by atoms with van der Waals surface area (Å²) in [6.45, 7) is 4.29. The number of likely N-dealkylation sites (N-methyl/N-ethyl adjacent to an activating group) is 1. The summed E-state index contributed by atoms with van der Waals surface area (Å²) in [5.41, 5.74) is 6.19. The molecule has 35 heavy (non-hydrogen) atoms. The Morgan fingerprint density at radius 1 is 0.771 bits per heavy atom. The zero-order valence-corrected chi connectivity index (χ0v) is 19.7. The summed E-state index contributed by atoms with van der Waals surface area (Å²) < 4.78 is 1.89. The topological polar surface area (TPSA) is 62.1 Å².